The van der Waals surface area contributed by atoms with Gasteiger partial charge < -0.3 is 14.2 Å². The smallest absolute Gasteiger partial charge is 0.413 e. The molecule has 26 heavy (non-hydrogen) atoms. The van der Waals surface area contributed by atoms with Gasteiger partial charge in [0.1, 0.15) is 11.3 Å². The third kappa shape index (κ3) is 6.27. The molecule has 0 spiro atoms. The Balaban J connectivity index is 3.05. The fourth-order valence-electron chi connectivity index (χ4n) is 2.86. The molecular weight excluding hydrogens is 350 g/mol. The molecule has 0 radical (unpaired) electrons. The fourth-order valence-corrected chi connectivity index (χ4v) is 3.58. The van der Waals surface area contributed by atoms with Gasteiger partial charge in [0, 0.05) is 8.07 Å². The molecule has 7 heteroatoms. The molecule has 1 rings (SSSR count). The van der Waals surface area contributed by atoms with Crippen LogP contribution in [0.4, 0.5) is 4.79 Å². The van der Waals surface area contributed by atoms with Gasteiger partial charge in [0.05, 0.1) is 12.7 Å². The van der Waals surface area contributed by atoms with Gasteiger partial charge in [0.25, 0.3) is 0 Å². The maximum absolute atomic E-state index is 12.9. The minimum absolute atomic E-state index is 0.0521. The first-order valence-corrected chi connectivity index (χ1v) is 13.1. The molecule has 0 unspecified atom stereocenters. The number of hydrogen-bond donors (Lipinski definition) is 0. The van der Waals surface area contributed by atoms with Crippen molar-refractivity contribution >= 4 is 20.1 Å². The average Bonchev–Trinajstić information content (AvgIpc) is 2.67. The maximum Gasteiger partial charge on any atom is 0.413 e. The average molecular weight is 388 g/mol. The summed E-state index contributed by atoms with van der Waals surface area (Å²) in [6.45, 7) is 20.0. The summed E-state index contributed by atoms with van der Waals surface area (Å²) in [7, 11) is -1.32. The van der Waals surface area contributed by atoms with E-state index in [1.165, 1.54) is 4.90 Å². The number of carbonyl (C=O) groups excluding carboxylic acids is 2. The molecule has 0 aromatic rings. The van der Waals surface area contributed by atoms with E-state index in [0.717, 1.165) is 6.04 Å². The second-order valence-corrected chi connectivity index (χ2v) is 15.7. The highest BCUT2D eigenvalue weighted by molar-refractivity contribution is 6.76. The van der Waals surface area contributed by atoms with Crippen LogP contribution in [0.1, 0.15) is 48.5 Å². The number of nitrogens with zero attached hydrogens (tertiary/aromatic N) is 1. The summed E-state index contributed by atoms with van der Waals surface area (Å²) in [5, 5.41) is 0. The van der Waals surface area contributed by atoms with Crippen LogP contribution in [0, 0.1) is 5.92 Å². The van der Waals surface area contributed by atoms with E-state index in [1.54, 1.807) is 34.6 Å². The first-order valence-electron chi connectivity index (χ1n) is 9.42. The Morgan fingerprint density at radius 1 is 1.19 bits per heavy atom. The zero-order valence-electron chi connectivity index (χ0n) is 18.1. The van der Waals surface area contributed by atoms with Crippen LogP contribution in [0.5, 0.6) is 0 Å². The lowest BCUT2D eigenvalue weighted by Crippen LogP contribution is -2.54. The van der Waals surface area contributed by atoms with Crippen molar-refractivity contribution in [2.45, 2.75) is 97.6 Å². The van der Waals surface area contributed by atoms with Crippen molar-refractivity contribution in [1.82, 2.24) is 4.90 Å². The Morgan fingerprint density at radius 3 is 2.15 bits per heavy atom. The lowest BCUT2D eigenvalue weighted by atomic mass is 9.99. The molecule has 0 aromatic carbocycles. The first kappa shape index (κ1) is 23.0. The molecular formula is C19H37NO5Si. The molecule has 1 amide bonds. The van der Waals surface area contributed by atoms with Gasteiger partial charge in [-0.3, -0.25) is 4.90 Å². The monoisotopic (exact) mass is 387 g/mol. The lowest BCUT2D eigenvalue weighted by Gasteiger charge is -2.34. The van der Waals surface area contributed by atoms with Crippen LogP contribution in [0.15, 0.2) is 0 Å². The van der Waals surface area contributed by atoms with E-state index in [9.17, 15) is 9.59 Å². The molecule has 152 valence electrons. The topological polar surface area (TPSA) is 65.1 Å². The Kier molecular flexibility index (Phi) is 6.96. The van der Waals surface area contributed by atoms with Gasteiger partial charge in [-0.15, -0.1) is 0 Å². The highest BCUT2D eigenvalue weighted by Gasteiger charge is 2.55. The van der Waals surface area contributed by atoms with E-state index in [4.69, 9.17) is 14.2 Å². The second-order valence-electron chi connectivity index (χ2n) is 10.0. The largest absolute Gasteiger partial charge is 0.464 e. The molecule has 0 bridgehead atoms. The second kappa shape index (κ2) is 7.88. The van der Waals surface area contributed by atoms with E-state index in [1.807, 2.05) is 13.8 Å². The van der Waals surface area contributed by atoms with E-state index in [0.29, 0.717) is 6.61 Å². The number of carbonyl (C=O) groups is 2. The highest BCUT2D eigenvalue weighted by Crippen LogP contribution is 2.37. The van der Waals surface area contributed by atoms with Gasteiger partial charge in [-0.05, 0) is 46.6 Å². The Labute approximate surface area is 159 Å². The normalized spacial score (nSPS) is 23.3. The molecule has 1 aliphatic heterocycles. The van der Waals surface area contributed by atoms with Crippen LogP contribution in [0.25, 0.3) is 0 Å². The van der Waals surface area contributed by atoms with Crippen LogP contribution in [0.2, 0.25) is 25.7 Å². The van der Waals surface area contributed by atoms with Crippen molar-refractivity contribution in [3.63, 3.8) is 0 Å². The van der Waals surface area contributed by atoms with Gasteiger partial charge in [0.2, 0.25) is 0 Å². The van der Waals surface area contributed by atoms with E-state index in [2.05, 4.69) is 19.6 Å². The van der Waals surface area contributed by atoms with Gasteiger partial charge in [0.15, 0.2) is 6.04 Å². The van der Waals surface area contributed by atoms with Crippen LogP contribution in [0.3, 0.4) is 0 Å². The van der Waals surface area contributed by atoms with Gasteiger partial charge in [-0.2, -0.15) is 0 Å². The molecule has 0 saturated carbocycles. The van der Waals surface area contributed by atoms with E-state index in [-0.39, 0.29) is 5.92 Å². The number of amides is 1. The predicted octanol–water partition coefficient (Wildman–Crippen LogP) is 4.26. The molecule has 1 aliphatic rings. The summed E-state index contributed by atoms with van der Waals surface area (Å²) < 4.78 is 17.2. The van der Waals surface area contributed by atoms with Crippen molar-refractivity contribution in [3.8, 4) is 0 Å². The van der Waals surface area contributed by atoms with Crippen molar-refractivity contribution < 1.29 is 23.8 Å². The Morgan fingerprint density at radius 2 is 1.73 bits per heavy atom. The summed E-state index contributed by atoms with van der Waals surface area (Å²) in [6.07, 6.45) is -0.991. The number of hydrogen-bond acceptors (Lipinski definition) is 5. The molecule has 1 heterocycles. The molecule has 0 aromatic heterocycles. The lowest BCUT2D eigenvalue weighted by molar-refractivity contribution is -0.150. The highest BCUT2D eigenvalue weighted by atomic mass is 28.3. The molecule has 0 N–H and O–H groups in total. The number of ether oxygens (including phenoxy) is 3. The summed E-state index contributed by atoms with van der Waals surface area (Å²) >= 11 is 0. The minimum Gasteiger partial charge on any atom is -0.464 e. The molecule has 2 atom stereocenters. The SMILES string of the molecule is CC(C)[C@@H]1OC(C)(C)N(C(=O)OC(C)(C)C)[C@@H]1C(=O)OCC[Si](C)(C)C. The number of esters is 1. The van der Waals surface area contributed by atoms with Crippen molar-refractivity contribution in [3.05, 3.63) is 0 Å². The van der Waals surface area contributed by atoms with E-state index >= 15 is 0 Å². The number of rotatable bonds is 5. The van der Waals surface area contributed by atoms with Gasteiger partial charge in [-0.25, -0.2) is 9.59 Å². The maximum atomic E-state index is 12.9. The first-order chi connectivity index (χ1) is 11.6. The fraction of sp³-hybridized carbons (Fsp3) is 0.895. The summed E-state index contributed by atoms with van der Waals surface area (Å²) in [5.41, 5.74) is -1.60. The van der Waals surface area contributed by atoms with Crippen molar-refractivity contribution in [1.29, 1.82) is 0 Å². The zero-order valence-corrected chi connectivity index (χ0v) is 19.1. The third-order valence-corrected chi connectivity index (χ3v) is 5.88. The Bertz CT molecular complexity index is 519. The third-order valence-electron chi connectivity index (χ3n) is 4.18. The molecule has 6 nitrogen and oxygen atoms in total. The van der Waals surface area contributed by atoms with Gasteiger partial charge in [-0.1, -0.05) is 33.5 Å². The van der Waals surface area contributed by atoms with Crippen LogP contribution in [-0.2, 0) is 19.0 Å². The summed E-state index contributed by atoms with van der Waals surface area (Å²) in [5.74, 6) is -0.366. The van der Waals surface area contributed by atoms with Gasteiger partial charge >= 0.3 is 12.1 Å². The quantitative estimate of drug-likeness (QED) is 0.521. The van der Waals surface area contributed by atoms with Crippen LogP contribution in [-0.4, -0.2) is 55.1 Å². The summed E-state index contributed by atoms with van der Waals surface area (Å²) in [6, 6.07) is 0.0792. The minimum atomic E-state index is -1.32. The predicted molar refractivity (Wildman–Crippen MR) is 105 cm³/mol. The standard InChI is InChI=1S/C19H37NO5Si/c1-13(2)15-14(16(21)23-11-12-26(8,9)10)20(19(6,7)24-15)17(22)25-18(3,4)5/h13-15H,11-12H2,1-10H3/t14-,15-/m0/s1. The van der Waals surface area contributed by atoms with Crippen molar-refractivity contribution in [2.75, 3.05) is 6.61 Å². The zero-order chi connectivity index (χ0) is 20.5. The molecule has 1 saturated heterocycles. The van der Waals surface area contributed by atoms with Crippen molar-refractivity contribution in [2.24, 2.45) is 5.92 Å². The summed E-state index contributed by atoms with van der Waals surface area (Å²) in [4.78, 5) is 27.1. The van der Waals surface area contributed by atoms with Crippen LogP contribution < -0.4 is 0 Å². The van der Waals surface area contributed by atoms with Crippen LogP contribution >= 0.6 is 0 Å². The molecule has 0 aliphatic carbocycles. The van der Waals surface area contributed by atoms with E-state index < -0.39 is 43.6 Å². The Hall–Kier alpha value is -1.08. The molecule has 1 fully saturated rings.